The highest BCUT2D eigenvalue weighted by Gasteiger charge is 2.56. The number of rotatable bonds is 5. The SMILES string of the molecule is CC1(C)OC2[C@H](n3c(NC4CCCC4)nc4cncnc43)O[C@H](CC=CBr)[C@H]2O1. The van der Waals surface area contributed by atoms with Crippen molar-refractivity contribution in [3.05, 3.63) is 23.6 Å². The number of ether oxygens (including phenoxy) is 3. The van der Waals surface area contributed by atoms with Crippen molar-refractivity contribution in [2.45, 2.75) is 82.3 Å². The number of aromatic nitrogens is 4. The van der Waals surface area contributed by atoms with Gasteiger partial charge in [0.2, 0.25) is 5.95 Å². The van der Waals surface area contributed by atoms with Crippen LogP contribution in [0, 0.1) is 0 Å². The highest BCUT2D eigenvalue weighted by molar-refractivity contribution is 9.11. The first kappa shape index (κ1) is 19.4. The van der Waals surface area contributed by atoms with Crippen LogP contribution in [-0.4, -0.2) is 49.7 Å². The second-order valence-corrected chi connectivity index (χ2v) is 8.92. The smallest absolute Gasteiger partial charge is 0.207 e. The first-order chi connectivity index (χ1) is 14.1. The highest BCUT2D eigenvalue weighted by Crippen LogP contribution is 2.45. The zero-order valence-corrected chi connectivity index (χ0v) is 18.2. The monoisotopic (exact) mass is 463 g/mol. The molecule has 0 amide bonds. The Labute approximate surface area is 178 Å². The maximum absolute atomic E-state index is 6.48. The molecular formula is C20H26BrN5O3. The van der Waals surface area contributed by atoms with Gasteiger partial charge in [-0.25, -0.2) is 15.0 Å². The Bertz CT molecular complexity index is 911. The molecule has 4 atom stereocenters. The Balaban J connectivity index is 1.54. The molecule has 156 valence electrons. The van der Waals surface area contributed by atoms with E-state index in [4.69, 9.17) is 19.2 Å². The molecule has 2 aliphatic heterocycles. The lowest BCUT2D eigenvalue weighted by Gasteiger charge is -2.26. The van der Waals surface area contributed by atoms with Crippen molar-refractivity contribution in [1.29, 1.82) is 0 Å². The molecule has 2 saturated heterocycles. The van der Waals surface area contributed by atoms with E-state index in [1.54, 1.807) is 12.5 Å². The topological polar surface area (TPSA) is 83.3 Å². The van der Waals surface area contributed by atoms with Gasteiger partial charge in [-0.2, -0.15) is 0 Å². The fourth-order valence-electron chi connectivity index (χ4n) is 4.69. The second kappa shape index (κ2) is 7.61. The minimum Gasteiger partial charge on any atom is -0.353 e. The highest BCUT2D eigenvalue weighted by atomic mass is 79.9. The van der Waals surface area contributed by atoms with Crippen LogP contribution in [0.5, 0.6) is 0 Å². The Hall–Kier alpha value is -1.55. The van der Waals surface area contributed by atoms with E-state index in [2.05, 4.69) is 31.2 Å². The molecule has 9 heteroatoms. The molecule has 1 unspecified atom stereocenters. The third kappa shape index (κ3) is 3.58. The van der Waals surface area contributed by atoms with E-state index >= 15 is 0 Å². The molecule has 0 radical (unpaired) electrons. The summed E-state index contributed by atoms with van der Waals surface area (Å²) in [5.74, 6) is 0.110. The van der Waals surface area contributed by atoms with E-state index in [1.165, 1.54) is 12.8 Å². The average Bonchev–Trinajstić information content (AvgIpc) is 3.44. The number of imidazole rings is 1. The molecule has 1 saturated carbocycles. The number of nitrogens with zero attached hydrogens (tertiary/aromatic N) is 4. The molecule has 1 N–H and O–H groups in total. The van der Waals surface area contributed by atoms with Crippen LogP contribution in [0.15, 0.2) is 23.6 Å². The van der Waals surface area contributed by atoms with E-state index in [9.17, 15) is 0 Å². The third-order valence-corrected chi connectivity index (χ3v) is 6.25. The fourth-order valence-corrected chi connectivity index (χ4v) is 4.90. The number of anilines is 1. The van der Waals surface area contributed by atoms with Crippen molar-refractivity contribution in [1.82, 2.24) is 19.5 Å². The molecule has 2 aromatic rings. The van der Waals surface area contributed by atoms with E-state index in [-0.39, 0.29) is 24.5 Å². The molecule has 3 aliphatic rings. The van der Waals surface area contributed by atoms with Gasteiger partial charge in [0.05, 0.1) is 12.3 Å². The van der Waals surface area contributed by atoms with Crippen molar-refractivity contribution in [3.63, 3.8) is 0 Å². The lowest BCUT2D eigenvalue weighted by Crippen LogP contribution is -2.29. The quantitative estimate of drug-likeness (QED) is 0.719. The summed E-state index contributed by atoms with van der Waals surface area (Å²) in [5.41, 5.74) is 1.49. The Morgan fingerprint density at radius 1 is 1.28 bits per heavy atom. The Morgan fingerprint density at radius 3 is 2.86 bits per heavy atom. The van der Waals surface area contributed by atoms with Gasteiger partial charge in [-0.05, 0) is 38.1 Å². The normalized spacial score (nSPS) is 31.8. The lowest BCUT2D eigenvalue weighted by atomic mass is 10.1. The third-order valence-electron chi connectivity index (χ3n) is 5.88. The summed E-state index contributed by atoms with van der Waals surface area (Å²) in [6, 6.07) is 0.417. The molecule has 2 aromatic heterocycles. The predicted molar refractivity (Wildman–Crippen MR) is 112 cm³/mol. The first-order valence-corrected chi connectivity index (χ1v) is 11.2. The summed E-state index contributed by atoms with van der Waals surface area (Å²) >= 11 is 3.35. The molecule has 5 rings (SSSR count). The van der Waals surface area contributed by atoms with Gasteiger partial charge in [0.1, 0.15) is 24.1 Å². The number of halogens is 1. The van der Waals surface area contributed by atoms with Gasteiger partial charge in [0.15, 0.2) is 17.7 Å². The van der Waals surface area contributed by atoms with Crippen LogP contribution in [0.4, 0.5) is 5.95 Å². The van der Waals surface area contributed by atoms with E-state index in [0.29, 0.717) is 6.04 Å². The van der Waals surface area contributed by atoms with Crippen molar-refractivity contribution >= 4 is 33.0 Å². The number of nitrogens with one attached hydrogen (secondary N) is 1. The van der Waals surface area contributed by atoms with Gasteiger partial charge in [0.25, 0.3) is 0 Å². The van der Waals surface area contributed by atoms with Crippen LogP contribution < -0.4 is 5.32 Å². The molecular weight excluding hydrogens is 438 g/mol. The van der Waals surface area contributed by atoms with Gasteiger partial charge < -0.3 is 19.5 Å². The summed E-state index contributed by atoms with van der Waals surface area (Å²) in [6.45, 7) is 3.90. The zero-order chi connectivity index (χ0) is 20.0. The van der Waals surface area contributed by atoms with Gasteiger partial charge in [-0.15, -0.1) is 0 Å². The van der Waals surface area contributed by atoms with Crippen LogP contribution in [0.25, 0.3) is 11.2 Å². The molecule has 3 fully saturated rings. The summed E-state index contributed by atoms with van der Waals surface area (Å²) in [5, 5.41) is 3.62. The Morgan fingerprint density at radius 2 is 2.07 bits per heavy atom. The van der Waals surface area contributed by atoms with Crippen LogP contribution in [0.2, 0.25) is 0 Å². The lowest BCUT2D eigenvalue weighted by molar-refractivity contribution is -0.195. The van der Waals surface area contributed by atoms with Crippen molar-refractivity contribution in [2.24, 2.45) is 0 Å². The van der Waals surface area contributed by atoms with E-state index in [0.717, 1.165) is 36.4 Å². The minimum atomic E-state index is -0.655. The van der Waals surface area contributed by atoms with Crippen LogP contribution in [0.1, 0.15) is 52.2 Å². The van der Waals surface area contributed by atoms with Gasteiger partial charge >= 0.3 is 0 Å². The first-order valence-electron chi connectivity index (χ1n) is 10.3. The van der Waals surface area contributed by atoms with Crippen molar-refractivity contribution < 1.29 is 14.2 Å². The number of fused-ring (bicyclic) bond motifs is 2. The minimum absolute atomic E-state index is 0.112. The Kier molecular flexibility index (Phi) is 5.09. The van der Waals surface area contributed by atoms with Crippen LogP contribution in [-0.2, 0) is 14.2 Å². The second-order valence-electron chi connectivity index (χ2n) is 8.39. The van der Waals surface area contributed by atoms with E-state index < -0.39 is 5.79 Å². The summed E-state index contributed by atoms with van der Waals surface area (Å²) in [7, 11) is 0. The summed E-state index contributed by atoms with van der Waals surface area (Å²) < 4.78 is 21.0. The molecule has 8 nitrogen and oxygen atoms in total. The molecule has 4 heterocycles. The molecule has 0 spiro atoms. The van der Waals surface area contributed by atoms with Crippen LogP contribution in [0.3, 0.4) is 0 Å². The van der Waals surface area contributed by atoms with Crippen molar-refractivity contribution in [3.8, 4) is 0 Å². The molecule has 0 bridgehead atoms. The van der Waals surface area contributed by atoms with Gasteiger partial charge in [-0.3, -0.25) is 4.57 Å². The zero-order valence-electron chi connectivity index (χ0n) is 16.6. The number of hydrogen-bond donors (Lipinski definition) is 1. The van der Waals surface area contributed by atoms with E-state index in [1.807, 2.05) is 29.5 Å². The predicted octanol–water partition coefficient (Wildman–Crippen LogP) is 3.90. The van der Waals surface area contributed by atoms with Gasteiger partial charge in [0, 0.05) is 6.04 Å². The molecule has 29 heavy (non-hydrogen) atoms. The number of hydrogen-bond acceptors (Lipinski definition) is 7. The average molecular weight is 464 g/mol. The van der Waals surface area contributed by atoms with Gasteiger partial charge in [-0.1, -0.05) is 34.8 Å². The fraction of sp³-hybridized carbons (Fsp3) is 0.650. The maximum Gasteiger partial charge on any atom is 0.207 e. The van der Waals surface area contributed by atoms with Crippen molar-refractivity contribution in [2.75, 3.05) is 5.32 Å². The summed E-state index contributed by atoms with van der Waals surface area (Å²) in [6.07, 6.45) is 9.96. The maximum atomic E-state index is 6.48. The standard InChI is InChI=1S/C20H26BrN5O3/c1-20(2)28-15-14(8-5-9-21)27-18(16(15)29-20)26-17-13(10-22-11-23-17)25-19(26)24-12-6-3-4-7-12/h5,9-12,14-16,18H,3-4,6-8H2,1-2H3,(H,24,25)/t14-,15-,16?,18-/m1/s1. The summed E-state index contributed by atoms with van der Waals surface area (Å²) in [4.78, 5) is 15.3. The van der Waals surface area contributed by atoms with Crippen LogP contribution >= 0.6 is 15.9 Å². The molecule has 0 aromatic carbocycles. The largest absolute Gasteiger partial charge is 0.353 e. The molecule has 1 aliphatic carbocycles.